The molecule has 0 radical (unpaired) electrons. The Balaban J connectivity index is 2.27. The molecule has 2 rings (SSSR count). The summed E-state index contributed by atoms with van der Waals surface area (Å²) in [4.78, 5) is 6.01. The Hall–Kier alpha value is -1.79. The molecule has 0 atom stereocenters. The summed E-state index contributed by atoms with van der Waals surface area (Å²) in [5.41, 5.74) is 0.385. The summed E-state index contributed by atoms with van der Waals surface area (Å²) in [6.07, 6.45) is 1.46. The number of nitrogens with zero attached hydrogens (tertiary/aromatic N) is 2. The van der Waals surface area contributed by atoms with Gasteiger partial charge in [-0.1, -0.05) is 23.7 Å². The van der Waals surface area contributed by atoms with Crippen LogP contribution >= 0.6 is 11.6 Å². The van der Waals surface area contributed by atoms with Crippen LogP contribution in [0.4, 0.5) is 11.5 Å². The van der Waals surface area contributed by atoms with E-state index in [1.807, 2.05) is 19.0 Å². The van der Waals surface area contributed by atoms with Gasteiger partial charge in [0.05, 0.1) is 16.9 Å². The lowest BCUT2D eigenvalue weighted by atomic mass is 10.4. The van der Waals surface area contributed by atoms with Crippen molar-refractivity contribution in [2.24, 2.45) is 0 Å². The summed E-state index contributed by atoms with van der Waals surface area (Å²) < 4.78 is 26.9. The van der Waals surface area contributed by atoms with Gasteiger partial charge in [0.25, 0.3) is 10.0 Å². The van der Waals surface area contributed by atoms with E-state index < -0.39 is 10.0 Å². The molecule has 1 aromatic carbocycles. The van der Waals surface area contributed by atoms with Crippen LogP contribution in [0.3, 0.4) is 0 Å². The number of hydrogen-bond acceptors (Lipinski definition) is 4. The zero-order chi connectivity index (χ0) is 14.8. The number of pyridine rings is 1. The molecular formula is C13H14ClN3O2S. The van der Waals surface area contributed by atoms with Gasteiger partial charge in [-0.15, -0.1) is 0 Å². The van der Waals surface area contributed by atoms with Crippen molar-refractivity contribution in [3.63, 3.8) is 0 Å². The SMILES string of the molecule is CN(C)c1ccc(NS(=O)(=O)c2ccccc2Cl)cn1. The first kappa shape index (κ1) is 14.6. The van der Waals surface area contributed by atoms with Crippen molar-refractivity contribution in [2.45, 2.75) is 4.90 Å². The number of anilines is 2. The summed E-state index contributed by atoms with van der Waals surface area (Å²) in [5, 5.41) is 0.179. The van der Waals surface area contributed by atoms with E-state index in [0.29, 0.717) is 5.69 Å². The van der Waals surface area contributed by atoms with E-state index >= 15 is 0 Å². The molecule has 7 heteroatoms. The molecule has 0 saturated heterocycles. The first-order chi connectivity index (χ1) is 9.40. The topological polar surface area (TPSA) is 62.3 Å². The smallest absolute Gasteiger partial charge is 0.263 e. The standard InChI is InChI=1S/C13H14ClN3O2S/c1-17(2)13-8-7-10(9-15-13)16-20(18,19)12-6-4-3-5-11(12)14/h3-9,16H,1-2H3. The summed E-state index contributed by atoms with van der Waals surface area (Å²) in [6.45, 7) is 0. The molecule has 0 bridgehead atoms. The molecular weight excluding hydrogens is 298 g/mol. The Morgan fingerprint density at radius 1 is 1.15 bits per heavy atom. The second kappa shape index (κ2) is 5.68. The molecule has 1 aromatic heterocycles. The molecule has 1 heterocycles. The Morgan fingerprint density at radius 2 is 1.85 bits per heavy atom. The van der Waals surface area contributed by atoms with Gasteiger partial charge in [-0.3, -0.25) is 4.72 Å². The molecule has 0 saturated carbocycles. The Morgan fingerprint density at radius 3 is 2.40 bits per heavy atom. The molecule has 0 aliphatic rings. The van der Waals surface area contributed by atoms with E-state index in [9.17, 15) is 8.42 Å². The maximum atomic E-state index is 12.2. The second-order valence-corrected chi connectivity index (χ2v) is 6.39. The minimum absolute atomic E-state index is 0.0401. The van der Waals surface area contributed by atoms with Crippen LogP contribution in [0.15, 0.2) is 47.5 Å². The minimum atomic E-state index is -3.71. The molecule has 0 amide bonds. The number of nitrogens with one attached hydrogen (secondary N) is 1. The molecule has 0 spiro atoms. The van der Waals surface area contributed by atoms with Crippen LogP contribution < -0.4 is 9.62 Å². The highest BCUT2D eigenvalue weighted by atomic mass is 35.5. The predicted molar refractivity (Wildman–Crippen MR) is 80.8 cm³/mol. The van der Waals surface area contributed by atoms with Crippen LogP contribution in [0.5, 0.6) is 0 Å². The molecule has 106 valence electrons. The van der Waals surface area contributed by atoms with Gasteiger partial charge in [0.15, 0.2) is 0 Å². The normalized spacial score (nSPS) is 11.2. The van der Waals surface area contributed by atoms with Gasteiger partial charge in [0, 0.05) is 14.1 Å². The quantitative estimate of drug-likeness (QED) is 0.942. The van der Waals surface area contributed by atoms with Crippen LogP contribution in [0, 0.1) is 0 Å². The number of benzene rings is 1. The highest BCUT2D eigenvalue weighted by molar-refractivity contribution is 7.92. The van der Waals surface area contributed by atoms with Crippen molar-refractivity contribution < 1.29 is 8.42 Å². The van der Waals surface area contributed by atoms with Crippen molar-refractivity contribution in [3.05, 3.63) is 47.6 Å². The van der Waals surface area contributed by atoms with Gasteiger partial charge in [-0.25, -0.2) is 13.4 Å². The van der Waals surface area contributed by atoms with Crippen molar-refractivity contribution in [1.82, 2.24) is 4.98 Å². The maximum absolute atomic E-state index is 12.2. The van der Waals surface area contributed by atoms with Gasteiger partial charge < -0.3 is 4.90 Å². The van der Waals surface area contributed by atoms with E-state index in [4.69, 9.17) is 11.6 Å². The summed E-state index contributed by atoms with van der Waals surface area (Å²) in [6, 6.07) is 9.65. The van der Waals surface area contributed by atoms with Gasteiger partial charge in [-0.05, 0) is 24.3 Å². The van der Waals surface area contributed by atoms with Gasteiger partial charge >= 0.3 is 0 Å². The Bertz CT molecular complexity index is 700. The molecule has 0 unspecified atom stereocenters. The zero-order valence-corrected chi connectivity index (χ0v) is 12.6. The second-order valence-electron chi connectivity index (χ2n) is 4.34. The number of aromatic nitrogens is 1. The summed E-state index contributed by atoms with van der Waals surface area (Å²) in [5.74, 6) is 0.741. The first-order valence-electron chi connectivity index (χ1n) is 5.81. The van der Waals surface area contributed by atoms with E-state index in [1.165, 1.54) is 18.3 Å². The van der Waals surface area contributed by atoms with Crippen molar-refractivity contribution in [1.29, 1.82) is 0 Å². The summed E-state index contributed by atoms with van der Waals surface area (Å²) in [7, 11) is 0.00147. The Kier molecular flexibility index (Phi) is 4.15. The molecule has 0 fully saturated rings. The van der Waals surface area contributed by atoms with Crippen LogP contribution in [-0.4, -0.2) is 27.5 Å². The van der Waals surface area contributed by atoms with Crippen LogP contribution in [0.2, 0.25) is 5.02 Å². The van der Waals surface area contributed by atoms with Gasteiger partial charge in [-0.2, -0.15) is 0 Å². The van der Waals surface area contributed by atoms with E-state index in [2.05, 4.69) is 9.71 Å². The fourth-order valence-electron chi connectivity index (χ4n) is 1.58. The highest BCUT2D eigenvalue weighted by Crippen LogP contribution is 2.23. The third-order valence-electron chi connectivity index (χ3n) is 2.58. The van der Waals surface area contributed by atoms with Gasteiger partial charge in [0.2, 0.25) is 0 Å². The Labute approximate surface area is 123 Å². The molecule has 0 aliphatic carbocycles. The number of sulfonamides is 1. The zero-order valence-electron chi connectivity index (χ0n) is 11.0. The highest BCUT2D eigenvalue weighted by Gasteiger charge is 2.17. The van der Waals surface area contributed by atoms with Crippen LogP contribution in [0.1, 0.15) is 0 Å². The lowest BCUT2D eigenvalue weighted by Gasteiger charge is -2.12. The number of hydrogen-bond donors (Lipinski definition) is 1. The van der Waals surface area contributed by atoms with E-state index in [-0.39, 0.29) is 9.92 Å². The first-order valence-corrected chi connectivity index (χ1v) is 7.67. The minimum Gasteiger partial charge on any atom is -0.363 e. The number of rotatable bonds is 4. The average Bonchev–Trinajstić information content (AvgIpc) is 2.39. The third kappa shape index (κ3) is 3.20. The van der Waals surface area contributed by atoms with E-state index in [0.717, 1.165) is 5.82 Å². The molecule has 20 heavy (non-hydrogen) atoms. The average molecular weight is 312 g/mol. The lowest BCUT2D eigenvalue weighted by Crippen LogP contribution is -2.14. The largest absolute Gasteiger partial charge is 0.363 e. The van der Waals surface area contributed by atoms with Crippen molar-refractivity contribution in [3.8, 4) is 0 Å². The van der Waals surface area contributed by atoms with Crippen molar-refractivity contribution in [2.75, 3.05) is 23.7 Å². The lowest BCUT2D eigenvalue weighted by molar-refractivity contribution is 0.601. The predicted octanol–water partition coefficient (Wildman–Crippen LogP) is 2.60. The van der Waals surface area contributed by atoms with E-state index in [1.54, 1.807) is 24.3 Å². The fraction of sp³-hybridized carbons (Fsp3) is 0.154. The monoisotopic (exact) mass is 311 g/mol. The molecule has 5 nitrogen and oxygen atoms in total. The van der Waals surface area contributed by atoms with Crippen LogP contribution in [0.25, 0.3) is 0 Å². The van der Waals surface area contributed by atoms with Crippen LogP contribution in [-0.2, 0) is 10.0 Å². The number of halogens is 1. The summed E-state index contributed by atoms with van der Waals surface area (Å²) >= 11 is 5.90. The van der Waals surface area contributed by atoms with Crippen molar-refractivity contribution >= 4 is 33.1 Å². The fourth-order valence-corrected chi connectivity index (χ4v) is 3.15. The maximum Gasteiger partial charge on any atom is 0.263 e. The molecule has 0 aliphatic heterocycles. The third-order valence-corrected chi connectivity index (χ3v) is 4.47. The molecule has 1 N–H and O–H groups in total. The van der Waals surface area contributed by atoms with Gasteiger partial charge in [0.1, 0.15) is 10.7 Å². The molecule has 2 aromatic rings.